The molecule has 7 nitrogen and oxygen atoms in total. The third-order valence-electron chi connectivity index (χ3n) is 4.48. The van der Waals surface area contributed by atoms with Crippen molar-refractivity contribution in [3.8, 4) is 5.75 Å². The quantitative estimate of drug-likeness (QED) is 0.607. The van der Waals surface area contributed by atoms with Gasteiger partial charge in [-0.3, -0.25) is 14.4 Å². The Morgan fingerprint density at radius 2 is 1.73 bits per heavy atom. The Hall–Kier alpha value is -3.35. The van der Waals surface area contributed by atoms with E-state index in [-0.39, 0.29) is 18.9 Å². The zero-order valence-electron chi connectivity index (χ0n) is 17.6. The number of carbonyl (C=O) groups excluding carboxylic acids is 3. The summed E-state index contributed by atoms with van der Waals surface area (Å²) in [5, 5.41) is 2.81. The fourth-order valence-corrected chi connectivity index (χ4v) is 2.93. The Morgan fingerprint density at radius 3 is 2.43 bits per heavy atom. The maximum atomic E-state index is 12.5. The van der Waals surface area contributed by atoms with Crippen LogP contribution in [0.5, 0.6) is 5.75 Å². The Labute approximate surface area is 177 Å². The summed E-state index contributed by atoms with van der Waals surface area (Å²) in [4.78, 5) is 38.4. The van der Waals surface area contributed by atoms with Gasteiger partial charge in [-0.05, 0) is 31.0 Å². The van der Waals surface area contributed by atoms with Crippen LogP contribution in [-0.4, -0.2) is 49.5 Å². The Kier molecular flexibility index (Phi) is 8.87. The van der Waals surface area contributed by atoms with Crippen LogP contribution in [0, 0.1) is 6.92 Å². The molecule has 0 bridgehead atoms. The minimum Gasteiger partial charge on any atom is -0.496 e. The molecule has 0 aliphatic heterocycles. The molecule has 0 unspecified atom stereocenters. The summed E-state index contributed by atoms with van der Waals surface area (Å²) in [5.74, 6) is -0.661. The highest BCUT2D eigenvalue weighted by molar-refractivity contribution is 5.95. The maximum Gasteiger partial charge on any atom is 0.310 e. The lowest BCUT2D eigenvalue weighted by atomic mass is 10.1. The minimum atomic E-state index is -0.534. The smallest absolute Gasteiger partial charge is 0.310 e. The highest BCUT2D eigenvalue weighted by Gasteiger charge is 2.19. The monoisotopic (exact) mass is 412 g/mol. The molecule has 0 aliphatic rings. The van der Waals surface area contributed by atoms with Crippen molar-refractivity contribution in [1.29, 1.82) is 0 Å². The highest BCUT2D eigenvalue weighted by atomic mass is 16.5. The van der Waals surface area contributed by atoms with Crippen molar-refractivity contribution in [3.63, 3.8) is 0 Å². The van der Waals surface area contributed by atoms with Gasteiger partial charge in [0.25, 0.3) is 5.91 Å². The van der Waals surface area contributed by atoms with Gasteiger partial charge < -0.3 is 19.7 Å². The fraction of sp³-hybridized carbons (Fsp3) is 0.348. The highest BCUT2D eigenvalue weighted by Crippen LogP contribution is 2.18. The molecule has 0 fully saturated rings. The number of ether oxygens (including phenoxy) is 2. The zero-order valence-corrected chi connectivity index (χ0v) is 17.6. The summed E-state index contributed by atoms with van der Waals surface area (Å²) in [6.07, 6.45) is 0.678. The predicted octanol–water partition coefficient (Wildman–Crippen LogP) is 2.97. The second-order valence-corrected chi connectivity index (χ2v) is 6.83. The largest absolute Gasteiger partial charge is 0.496 e. The van der Waals surface area contributed by atoms with Gasteiger partial charge in [-0.1, -0.05) is 43.3 Å². The average molecular weight is 412 g/mol. The number of methoxy groups -OCH3 is 1. The van der Waals surface area contributed by atoms with Crippen molar-refractivity contribution in [1.82, 2.24) is 4.90 Å². The molecule has 30 heavy (non-hydrogen) atoms. The number of benzene rings is 2. The van der Waals surface area contributed by atoms with Crippen LogP contribution in [0.25, 0.3) is 0 Å². The number of nitrogens with zero attached hydrogens (tertiary/aromatic N) is 1. The van der Waals surface area contributed by atoms with E-state index < -0.39 is 18.5 Å². The molecule has 2 amide bonds. The molecule has 0 spiro atoms. The minimum absolute atomic E-state index is 0.00115. The zero-order chi connectivity index (χ0) is 21.9. The SMILES string of the molecule is CCCN(CC(=O)Nc1ccccc1C)C(=O)COC(=O)Cc1ccccc1OC. The molecule has 2 aromatic rings. The number of aryl methyl sites for hydroxylation is 1. The summed E-state index contributed by atoms with van der Waals surface area (Å²) >= 11 is 0. The predicted molar refractivity (Wildman–Crippen MR) is 114 cm³/mol. The van der Waals surface area contributed by atoms with Gasteiger partial charge >= 0.3 is 5.97 Å². The van der Waals surface area contributed by atoms with Gasteiger partial charge in [0.05, 0.1) is 20.1 Å². The lowest BCUT2D eigenvalue weighted by Gasteiger charge is -2.21. The molecular formula is C23H28N2O5. The molecule has 0 aromatic heterocycles. The molecule has 7 heteroatoms. The van der Waals surface area contributed by atoms with E-state index >= 15 is 0 Å². The van der Waals surface area contributed by atoms with Crippen LogP contribution < -0.4 is 10.1 Å². The Bertz CT molecular complexity index is 881. The van der Waals surface area contributed by atoms with Crippen LogP contribution in [0.1, 0.15) is 24.5 Å². The van der Waals surface area contributed by atoms with Gasteiger partial charge in [-0.2, -0.15) is 0 Å². The summed E-state index contributed by atoms with van der Waals surface area (Å²) < 4.78 is 10.4. The molecule has 160 valence electrons. The molecule has 1 N–H and O–H groups in total. The third kappa shape index (κ3) is 6.92. The number of rotatable bonds is 10. The van der Waals surface area contributed by atoms with E-state index in [9.17, 15) is 14.4 Å². The van der Waals surface area contributed by atoms with Crippen LogP contribution in [0.3, 0.4) is 0 Å². The van der Waals surface area contributed by atoms with E-state index in [0.29, 0.717) is 30.0 Å². The number of carbonyl (C=O) groups is 3. The molecule has 0 atom stereocenters. The molecule has 0 aliphatic carbocycles. The first-order valence-corrected chi connectivity index (χ1v) is 9.85. The van der Waals surface area contributed by atoms with Crippen LogP contribution in [0.4, 0.5) is 5.69 Å². The third-order valence-corrected chi connectivity index (χ3v) is 4.48. The van der Waals surface area contributed by atoms with Gasteiger partial charge in [0.15, 0.2) is 6.61 Å². The average Bonchev–Trinajstić information content (AvgIpc) is 2.73. The van der Waals surface area contributed by atoms with Crippen LogP contribution in [0.15, 0.2) is 48.5 Å². The number of anilines is 1. The number of para-hydroxylation sites is 2. The van der Waals surface area contributed by atoms with Crippen molar-refractivity contribution in [3.05, 3.63) is 59.7 Å². The van der Waals surface area contributed by atoms with Crippen molar-refractivity contribution >= 4 is 23.5 Å². The van der Waals surface area contributed by atoms with E-state index in [1.807, 2.05) is 38.1 Å². The topological polar surface area (TPSA) is 84.9 Å². The standard InChI is InChI=1S/C23H28N2O5/c1-4-13-25(15-21(26)24-19-11-7-5-9-17(19)2)22(27)16-30-23(28)14-18-10-6-8-12-20(18)29-3/h5-12H,4,13-16H2,1-3H3,(H,24,26). The first-order valence-electron chi connectivity index (χ1n) is 9.85. The van der Waals surface area contributed by atoms with Gasteiger partial charge in [0.1, 0.15) is 5.75 Å². The van der Waals surface area contributed by atoms with Crippen LogP contribution in [0.2, 0.25) is 0 Å². The van der Waals surface area contributed by atoms with E-state index in [1.165, 1.54) is 12.0 Å². The summed E-state index contributed by atoms with van der Waals surface area (Å²) in [6.45, 7) is 3.68. The molecule has 2 rings (SSSR count). The summed E-state index contributed by atoms with van der Waals surface area (Å²) in [5.41, 5.74) is 2.32. The lowest BCUT2D eigenvalue weighted by Crippen LogP contribution is -2.41. The first-order chi connectivity index (χ1) is 14.4. The lowest BCUT2D eigenvalue weighted by molar-refractivity contribution is -0.151. The number of amides is 2. The molecule has 0 saturated carbocycles. The van der Waals surface area contributed by atoms with Crippen molar-refractivity contribution in [2.75, 3.05) is 32.1 Å². The normalized spacial score (nSPS) is 10.2. The van der Waals surface area contributed by atoms with Crippen LogP contribution >= 0.6 is 0 Å². The van der Waals surface area contributed by atoms with Crippen molar-refractivity contribution in [2.24, 2.45) is 0 Å². The van der Waals surface area contributed by atoms with Gasteiger partial charge in [-0.15, -0.1) is 0 Å². The number of hydrogen-bond acceptors (Lipinski definition) is 5. The van der Waals surface area contributed by atoms with E-state index in [0.717, 1.165) is 5.56 Å². The van der Waals surface area contributed by atoms with Gasteiger partial charge in [0, 0.05) is 17.8 Å². The van der Waals surface area contributed by atoms with E-state index in [2.05, 4.69) is 5.32 Å². The molecular weight excluding hydrogens is 384 g/mol. The summed E-state index contributed by atoms with van der Waals surface area (Å²) in [7, 11) is 1.53. The Balaban J connectivity index is 1.89. The number of esters is 1. The number of hydrogen-bond donors (Lipinski definition) is 1. The molecule has 0 saturated heterocycles. The second kappa shape index (κ2) is 11.6. The van der Waals surface area contributed by atoms with E-state index in [1.54, 1.807) is 24.3 Å². The molecule has 0 radical (unpaired) electrons. The van der Waals surface area contributed by atoms with Crippen LogP contribution in [-0.2, 0) is 25.5 Å². The van der Waals surface area contributed by atoms with Crippen molar-refractivity contribution < 1.29 is 23.9 Å². The molecule has 2 aromatic carbocycles. The van der Waals surface area contributed by atoms with Gasteiger partial charge in [-0.25, -0.2) is 0 Å². The van der Waals surface area contributed by atoms with Gasteiger partial charge in [0.2, 0.25) is 5.91 Å². The maximum absolute atomic E-state index is 12.5. The Morgan fingerprint density at radius 1 is 1.03 bits per heavy atom. The summed E-state index contributed by atoms with van der Waals surface area (Å²) in [6, 6.07) is 14.5. The first kappa shape index (κ1) is 22.9. The number of nitrogens with one attached hydrogen (secondary N) is 1. The van der Waals surface area contributed by atoms with Crippen molar-refractivity contribution in [2.45, 2.75) is 26.7 Å². The fourth-order valence-electron chi connectivity index (χ4n) is 2.93. The molecule has 0 heterocycles. The van der Waals surface area contributed by atoms with E-state index in [4.69, 9.17) is 9.47 Å². The second-order valence-electron chi connectivity index (χ2n) is 6.83.